The fourth-order valence-electron chi connectivity index (χ4n) is 1.68. The van der Waals surface area contributed by atoms with Gasteiger partial charge in [0.25, 0.3) is 0 Å². The SMILES string of the molecule is COc1ccc2c(ccn2C)c1OC. The maximum atomic E-state index is 5.32. The van der Waals surface area contributed by atoms with E-state index in [2.05, 4.69) is 4.57 Å². The van der Waals surface area contributed by atoms with Crippen LogP contribution >= 0.6 is 0 Å². The van der Waals surface area contributed by atoms with Crippen molar-refractivity contribution in [1.29, 1.82) is 0 Å². The highest BCUT2D eigenvalue weighted by Crippen LogP contribution is 2.35. The second-order valence-electron chi connectivity index (χ2n) is 3.16. The molecule has 2 aromatic rings. The number of methoxy groups -OCH3 is 2. The van der Waals surface area contributed by atoms with E-state index in [0.29, 0.717) is 0 Å². The van der Waals surface area contributed by atoms with E-state index in [4.69, 9.17) is 9.47 Å². The van der Waals surface area contributed by atoms with Crippen LogP contribution in [0.25, 0.3) is 10.9 Å². The molecule has 0 fully saturated rings. The van der Waals surface area contributed by atoms with Gasteiger partial charge in [0.15, 0.2) is 11.5 Å². The van der Waals surface area contributed by atoms with Crippen LogP contribution in [-0.4, -0.2) is 18.8 Å². The number of benzene rings is 1. The van der Waals surface area contributed by atoms with E-state index in [0.717, 1.165) is 22.4 Å². The van der Waals surface area contributed by atoms with Gasteiger partial charge in [-0.25, -0.2) is 0 Å². The Morgan fingerprint density at radius 1 is 1.07 bits per heavy atom. The predicted octanol–water partition coefficient (Wildman–Crippen LogP) is 2.20. The molecule has 74 valence electrons. The summed E-state index contributed by atoms with van der Waals surface area (Å²) in [6, 6.07) is 5.97. The van der Waals surface area contributed by atoms with Crippen LogP contribution in [0.4, 0.5) is 0 Å². The molecular formula is C11H13NO2. The van der Waals surface area contributed by atoms with Crippen molar-refractivity contribution in [2.75, 3.05) is 14.2 Å². The van der Waals surface area contributed by atoms with Gasteiger partial charge < -0.3 is 14.0 Å². The minimum atomic E-state index is 0.770. The summed E-state index contributed by atoms with van der Waals surface area (Å²) in [5.74, 6) is 1.57. The van der Waals surface area contributed by atoms with E-state index in [-0.39, 0.29) is 0 Å². The first-order chi connectivity index (χ1) is 6.77. The molecule has 0 bridgehead atoms. The average Bonchev–Trinajstić information content (AvgIpc) is 2.59. The molecule has 1 aromatic carbocycles. The second-order valence-corrected chi connectivity index (χ2v) is 3.16. The molecule has 0 aliphatic heterocycles. The van der Waals surface area contributed by atoms with E-state index in [1.54, 1.807) is 14.2 Å². The summed E-state index contributed by atoms with van der Waals surface area (Å²) >= 11 is 0. The van der Waals surface area contributed by atoms with Gasteiger partial charge in [0, 0.05) is 18.6 Å². The zero-order chi connectivity index (χ0) is 10.1. The highest BCUT2D eigenvalue weighted by atomic mass is 16.5. The Kier molecular flexibility index (Phi) is 2.08. The van der Waals surface area contributed by atoms with Crippen molar-refractivity contribution in [2.24, 2.45) is 7.05 Å². The van der Waals surface area contributed by atoms with Crippen LogP contribution in [0.1, 0.15) is 0 Å². The van der Waals surface area contributed by atoms with E-state index in [1.165, 1.54) is 0 Å². The average molecular weight is 191 g/mol. The Balaban J connectivity index is 2.77. The molecule has 3 nitrogen and oxygen atoms in total. The summed E-state index contributed by atoms with van der Waals surface area (Å²) in [4.78, 5) is 0. The van der Waals surface area contributed by atoms with E-state index < -0.39 is 0 Å². The summed E-state index contributed by atoms with van der Waals surface area (Å²) < 4.78 is 12.6. The monoisotopic (exact) mass is 191 g/mol. The Morgan fingerprint density at radius 2 is 1.86 bits per heavy atom. The number of aryl methyl sites for hydroxylation is 1. The highest BCUT2D eigenvalue weighted by molar-refractivity contribution is 5.89. The van der Waals surface area contributed by atoms with Crippen molar-refractivity contribution in [3.05, 3.63) is 24.4 Å². The summed E-state index contributed by atoms with van der Waals surface area (Å²) in [5.41, 5.74) is 1.14. The topological polar surface area (TPSA) is 23.4 Å². The van der Waals surface area contributed by atoms with E-state index >= 15 is 0 Å². The van der Waals surface area contributed by atoms with Crippen LogP contribution in [0.5, 0.6) is 11.5 Å². The first kappa shape index (κ1) is 8.94. The van der Waals surface area contributed by atoms with Crippen molar-refractivity contribution < 1.29 is 9.47 Å². The Morgan fingerprint density at radius 3 is 2.50 bits per heavy atom. The summed E-state index contributed by atoms with van der Waals surface area (Å²) in [7, 11) is 5.31. The lowest BCUT2D eigenvalue weighted by Crippen LogP contribution is -1.91. The molecule has 0 unspecified atom stereocenters. The third-order valence-electron chi connectivity index (χ3n) is 2.41. The van der Waals surface area contributed by atoms with E-state index in [9.17, 15) is 0 Å². The molecule has 0 radical (unpaired) electrons. The van der Waals surface area contributed by atoms with Gasteiger partial charge in [0.2, 0.25) is 0 Å². The second kappa shape index (κ2) is 3.25. The van der Waals surface area contributed by atoms with Crippen LogP contribution < -0.4 is 9.47 Å². The molecule has 0 amide bonds. The third kappa shape index (κ3) is 1.13. The molecule has 0 saturated carbocycles. The molecular weight excluding hydrogens is 178 g/mol. The standard InChI is InChI=1S/C11H13NO2/c1-12-7-6-8-9(12)4-5-10(13-2)11(8)14-3/h4-7H,1-3H3. The fourth-order valence-corrected chi connectivity index (χ4v) is 1.68. The first-order valence-corrected chi connectivity index (χ1v) is 4.44. The molecule has 14 heavy (non-hydrogen) atoms. The van der Waals surface area contributed by atoms with Crippen LogP contribution in [-0.2, 0) is 7.05 Å². The van der Waals surface area contributed by atoms with Gasteiger partial charge in [-0.05, 0) is 18.2 Å². The number of aromatic nitrogens is 1. The van der Waals surface area contributed by atoms with Crippen molar-refractivity contribution >= 4 is 10.9 Å². The molecule has 2 rings (SSSR count). The lowest BCUT2D eigenvalue weighted by atomic mass is 10.2. The lowest BCUT2D eigenvalue weighted by Gasteiger charge is -2.08. The molecule has 1 heterocycles. The van der Waals surface area contributed by atoms with Crippen LogP contribution in [0.2, 0.25) is 0 Å². The van der Waals surface area contributed by atoms with Gasteiger partial charge in [0.05, 0.1) is 19.7 Å². The van der Waals surface area contributed by atoms with Gasteiger partial charge in [-0.2, -0.15) is 0 Å². The smallest absolute Gasteiger partial charge is 0.170 e. The Hall–Kier alpha value is -1.64. The van der Waals surface area contributed by atoms with Crippen molar-refractivity contribution in [1.82, 2.24) is 4.57 Å². The van der Waals surface area contributed by atoms with E-state index in [1.807, 2.05) is 31.4 Å². The molecule has 0 aliphatic carbocycles. The maximum Gasteiger partial charge on any atom is 0.170 e. The van der Waals surface area contributed by atoms with Crippen molar-refractivity contribution in [3.63, 3.8) is 0 Å². The minimum Gasteiger partial charge on any atom is -0.493 e. The summed E-state index contributed by atoms with van der Waals surface area (Å²) in [5, 5.41) is 1.08. The molecule has 1 aromatic heterocycles. The molecule has 0 aliphatic rings. The lowest BCUT2D eigenvalue weighted by molar-refractivity contribution is 0.358. The number of ether oxygens (including phenoxy) is 2. The number of nitrogens with zero attached hydrogens (tertiary/aromatic N) is 1. The largest absolute Gasteiger partial charge is 0.493 e. The van der Waals surface area contributed by atoms with Gasteiger partial charge >= 0.3 is 0 Å². The van der Waals surface area contributed by atoms with Gasteiger partial charge in [-0.3, -0.25) is 0 Å². The van der Waals surface area contributed by atoms with Crippen LogP contribution in [0.3, 0.4) is 0 Å². The minimum absolute atomic E-state index is 0.770. The predicted molar refractivity (Wildman–Crippen MR) is 56.0 cm³/mol. The number of hydrogen-bond donors (Lipinski definition) is 0. The summed E-state index contributed by atoms with van der Waals surface area (Å²) in [6.45, 7) is 0. The number of fused-ring (bicyclic) bond motifs is 1. The van der Waals surface area contributed by atoms with Crippen molar-refractivity contribution in [2.45, 2.75) is 0 Å². The van der Waals surface area contributed by atoms with Gasteiger partial charge in [-0.1, -0.05) is 0 Å². The maximum absolute atomic E-state index is 5.32. The van der Waals surface area contributed by atoms with Crippen molar-refractivity contribution in [3.8, 4) is 11.5 Å². The molecule has 0 saturated heterocycles. The fraction of sp³-hybridized carbons (Fsp3) is 0.273. The molecule has 0 spiro atoms. The first-order valence-electron chi connectivity index (χ1n) is 4.44. The number of hydrogen-bond acceptors (Lipinski definition) is 2. The van der Waals surface area contributed by atoms with Crippen LogP contribution in [0, 0.1) is 0 Å². The summed E-state index contributed by atoms with van der Waals surface area (Å²) in [6.07, 6.45) is 2.01. The van der Waals surface area contributed by atoms with Crippen LogP contribution in [0.15, 0.2) is 24.4 Å². The Labute approximate surface area is 82.9 Å². The Bertz CT molecular complexity index is 460. The number of rotatable bonds is 2. The molecule has 0 atom stereocenters. The highest BCUT2D eigenvalue weighted by Gasteiger charge is 2.09. The zero-order valence-corrected chi connectivity index (χ0v) is 8.57. The van der Waals surface area contributed by atoms with Gasteiger partial charge in [0.1, 0.15) is 0 Å². The molecule has 0 N–H and O–H groups in total. The quantitative estimate of drug-likeness (QED) is 0.726. The normalized spacial score (nSPS) is 10.5. The zero-order valence-electron chi connectivity index (χ0n) is 8.57. The third-order valence-corrected chi connectivity index (χ3v) is 2.41. The van der Waals surface area contributed by atoms with Gasteiger partial charge in [-0.15, -0.1) is 0 Å². The molecule has 3 heteroatoms.